The maximum atomic E-state index is 13.2. The molecule has 3 aromatic rings. The van der Waals surface area contributed by atoms with Crippen LogP contribution in [0.1, 0.15) is 54.1 Å². The van der Waals surface area contributed by atoms with Crippen LogP contribution in [-0.4, -0.2) is 25.0 Å². The van der Waals surface area contributed by atoms with Crippen LogP contribution in [0.2, 0.25) is 0 Å². The highest BCUT2D eigenvalue weighted by molar-refractivity contribution is 6.05. The highest BCUT2D eigenvalue weighted by Gasteiger charge is 2.19. The standard InChI is InChI=1S/C27H30N2O5/c1-5-32-24-14-13-20(16-25(24)33-6-2)19(4)28-27(31)23(17-21-11-9-15-34-21)29-26(30)22-12-8-7-10-18(22)3/h7-17,19H,5-6H2,1-4H3,(H,28,31)(H,29,30)/b23-17-/t19-/m0/s1. The number of carbonyl (C=O) groups is 2. The number of rotatable bonds is 10. The quantitative estimate of drug-likeness (QED) is 0.412. The smallest absolute Gasteiger partial charge is 0.268 e. The van der Waals surface area contributed by atoms with E-state index in [1.165, 1.54) is 12.3 Å². The van der Waals surface area contributed by atoms with Crippen molar-refractivity contribution in [1.82, 2.24) is 10.6 Å². The lowest BCUT2D eigenvalue weighted by Crippen LogP contribution is -2.36. The second kappa shape index (κ2) is 11.7. The van der Waals surface area contributed by atoms with Crippen LogP contribution >= 0.6 is 0 Å². The van der Waals surface area contributed by atoms with E-state index in [1.54, 1.807) is 24.3 Å². The summed E-state index contributed by atoms with van der Waals surface area (Å²) in [7, 11) is 0. The van der Waals surface area contributed by atoms with Gasteiger partial charge in [0.05, 0.1) is 25.5 Å². The molecule has 3 rings (SSSR count). The molecule has 178 valence electrons. The van der Waals surface area contributed by atoms with Gasteiger partial charge >= 0.3 is 0 Å². The summed E-state index contributed by atoms with van der Waals surface area (Å²) in [6.07, 6.45) is 3.00. The zero-order valence-corrected chi connectivity index (χ0v) is 19.9. The Balaban J connectivity index is 1.82. The van der Waals surface area contributed by atoms with E-state index in [1.807, 2.05) is 58.0 Å². The molecule has 7 nitrogen and oxygen atoms in total. The summed E-state index contributed by atoms with van der Waals surface area (Å²) in [6.45, 7) is 8.52. The maximum absolute atomic E-state index is 13.2. The third kappa shape index (κ3) is 6.28. The van der Waals surface area contributed by atoms with Crippen molar-refractivity contribution in [3.63, 3.8) is 0 Å². The average Bonchev–Trinajstić information content (AvgIpc) is 3.33. The minimum atomic E-state index is -0.447. The van der Waals surface area contributed by atoms with Gasteiger partial charge in [0.1, 0.15) is 11.5 Å². The molecule has 2 aromatic carbocycles. The second-order valence-electron chi connectivity index (χ2n) is 7.61. The van der Waals surface area contributed by atoms with E-state index in [9.17, 15) is 9.59 Å². The van der Waals surface area contributed by atoms with Crippen molar-refractivity contribution in [1.29, 1.82) is 0 Å². The van der Waals surface area contributed by atoms with Crippen molar-refractivity contribution >= 4 is 17.9 Å². The molecule has 0 unspecified atom stereocenters. The number of nitrogens with one attached hydrogen (secondary N) is 2. The predicted molar refractivity (Wildman–Crippen MR) is 131 cm³/mol. The lowest BCUT2D eigenvalue weighted by Gasteiger charge is -2.19. The zero-order valence-electron chi connectivity index (χ0n) is 19.9. The number of carbonyl (C=O) groups excluding carboxylic acids is 2. The van der Waals surface area contributed by atoms with Crippen molar-refractivity contribution < 1.29 is 23.5 Å². The average molecular weight is 463 g/mol. The molecule has 7 heteroatoms. The van der Waals surface area contributed by atoms with Crippen molar-refractivity contribution in [3.05, 3.63) is 89.0 Å². The summed E-state index contributed by atoms with van der Waals surface area (Å²) in [6, 6.07) is 15.8. The Kier molecular flexibility index (Phi) is 8.51. The van der Waals surface area contributed by atoms with Gasteiger partial charge in [-0.05, 0) is 69.2 Å². The van der Waals surface area contributed by atoms with Crippen LogP contribution in [0.25, 0.3) is 6.08 Å². The highest BCUT2D eigenvalue weighted by Crippen LogP contribution is 2.30. The zero-order chi connectivity index (χ0) is 24.5. The Bertz CT molecular complexity index is 1150. The molecule has 0 radical (unpaired) electrons. The molecule has 1 aromatic heterocycles. The molecule has 0 aliphatic heterocycles. The molecule has 0 saturated heterocycles. The Hall–Kier alpha value is -4.00. The second-order valence-corrected chi connectivity index (χ2v) is 7.61. The van der Waals surface area contributed by atoms with Crippen LogP contribution in [-0.2, 0) is 4.79 Å². The van der Waals surface area contributed by atoms with E-state index in [0.29, 0.717) is 36.0 Å². The van der Waals surface area contributed by atoms with Gasteiger partial charge in [0.2, 0.25) is 0 Å². The molecular formula is C27H30N2O5. The molecular weight excluding hydrogens is 432 g/mol. The number of benzene rings is 2. The summed E-state index contributed by atoms with van der Waals surface area (Å²) in [5.41, 5.74) is 2.21. The monoisotopic (exact) mass is 462 g/mol. The van der Waals surface area contributed by atoms with Gasteiger partial charge < -0.3 is 24.5 Å². The van der Waals surface area contributed by atoms with Crippen LogP contribution in [0.4, 0.5) is 0 Å². The van der Waals surface area contributed by atoms with Gasteiger partial charge in [-0.1, -0.05) is 24.3 Å². The van der Waals surface area contributed by atoms with E-state index < -0.39 is 5.91 Å². The molecule has 0 saturated carbocycles. The van der Waals surface area contributed by atoms with E-state index in [0.717, 1.165) is 11.1 Å². The van der Waals surface area contributed by atoms with Gasteiger partial charge in [0, 0.05) is 11.6 Å². The van der Waals surface area contributed by atoms with Crippen molar-refractivity contribution in [2.24, 2.45) is 0 Å². The number of hydrogen-bond acceptors (Lipinski definition) is 5. The highest BCUT2D eigenvalue weighted by atomic mass is 16.5. The molecule has 0 bridgehead atoms. The fourth-order valence-electron chi connectivity index (χ4n) is 3.39. The van der Waals surface area contributed by atoms with Crippen LogP contribution in [0.3, 0.4) is 0 Å². The summed E-state index contributed by atoms with van der Waals surface area (Å²) in [5.74, 6) is 0.886. The van der Waals surface area contributed by atoms with E-state index >= 15 is 0 Å². The molecule has 2 amide bonds. The van der Waals surface area contributed by atoms with Gasteiger partial charge in [-0.15, -0.1) is 0 Å². The molecule has 2 N–H and O–H groups in total. The number of ether oxygens (including phenoxy) is 2. The predicted octanol–water partition coefficient (Wildman–Crippen LogP) is 5.03. The summed E-state index contributed by atoms with van der Waals surface area (Å²) >= 11 is 0. The van der Waals surface area contributed by atoms with Gasteiger partial charge in [0.25, 0.3) is 11.8 Å². The fourth-order valence-corrected chi connectivity index (χ4v) is 3.39. The normalized spacial score (nSPS) is 12.1. The van der Waals surface area contributed by atoms with Crippen molar-refractivity contribution in [2.45, 2.75) is 33.7 Å². The number of hydrogen-bond donors (Lipinski definition) is 2. The SMILES string of the molecule is CCOc1ccc([C@H](C)NC(=O)/C(=C/c2ccco2)NC(=O)c2ccccc2C)cc1OCC. The Morgan fingerprint density at radius 1 is 1.00 bits per heavy atom. The Morgan fingerprint density at radius 3 is 2.41 bits per heavy atom. The van der Waals surface area contributed by atoms with Crippen molar-refractivity contribution in [3.8, 4) is 11.5 Å². The van der Waals surface area contributed by atoms with E-state index in [4.69, 9.17) is 13.9 Å². The fraction of sp³-hybridized carbons (Fsp3) is 0.259. The Morgan fingerprint density at radius 2 is 1.74 bits per heavy atom. The van der Waals surface area contributed by atoms with Crippen molar-refractivity contribution in [2.75, 3.05) is 13.2 Å². The molecule has 34 heavy (non-hydrogen) atoms. The van der Waals surface area contributed by atoms with Gasteiger partial charge in [0.15, 0.2) is 11.5 Å². The van der Waals surface area contributed by atoms with E-state index in [2.05, 4.69) is 10.6 Å². The molecule has 1 atom stereocenters. The van der Waals surface area contributed by atoms with Gasteiger partial charge in [-0.3, -0.25) is 9.59 Å². The Labute approximate surface area is 199 Å². The lowest BCUT2D eigenvalue weighted by atomic mass is 10.1. The van der Waals surface area contributed by atoms with Crippen LogP contribution in [0.5, 0.6) is 11.5 Å². The molecule has 0 aliphatic carbocycles. The van der Waals surface area contributed by atoms with Crippen LogP contribution in [0.15, 0.2) is 71.0 Å². The molecule has 0 fully saturated rings. The first-order valence-electron chi connectivity index (χ1n) is 11.3. The van der Waals surface area contributed by atoms with Gasteiger partial charge in [-0.25, -0.2) is 0 Å². The first-order valence-corrected chi connectivity index (χ1v) is 11.3. The maximum Gasteiger partial charge on any atom is 0.268 e. The third-order valence-electron chi connectivity index (χ3n) is 5.13. The van der Waals surface area contributed by atoms with E-state index in [-0.39, 0.29) is 17.6 Å². The minimum Gasteiger partial charge on any atom is -0.490 e. The lowest BCUT2D eigenvalue weighted by molar-refractivity contribution is -0.118. The number of aryl methyl sites for hydroxylation is 1. The summed E-state index contributed by atoms with van der Waals surface area (Å²) in [5, 5.41) is 5.67. The molecule has 1 heterocycles. The molecule has 0 spiro atoms. The summed E-state index contributed by atoms with van der Waals surface area (Å²) in [4.78, 5) is 26.1. The number of furan rings is 1. The largest absolute Gasteiger partial charge is 0.490 e. The van der Waals surface area contributed by atoms with Gasteiger partial charge in [-0.2, -0.15) is 0 Å². The third-order valence-corrected chi connectivity index (χ3v) is 5.13. The summed E-state index contributed by atoms with van der Waals surface area (Å²) < 4.78 is 16.7. The first kappa shape index (κ1) is 24.6. The first-order chi connectivity index (χ1) is 16.4. The topological polar surface area (TPSA) is 89.8 Å². The van der Waals surface area contributed by atoms with Crippen LogP contribution in [0, 0.1) is 6.92 Å². The molecule has 0 aliphatic rings. The minimum absolute atomic E-state index is 0.0750. The number of amides is 2. The van der Waals surface area contributed by atoms with Crippen LogP contribution < -0.4 is 20.1 Å².